The van der Waals surface area contributed by atoms with Crippen LogP contribution >= 0.6 is 0 Å². The minimum absolute atomic E-state index is 0.0236. The first-order valence-electron chi connectivity index (χ1n) is 10.6. The average Bonchev–Trinajstić information content (AvgIpc) is 2.78. The van der Waals surface area contributed by atoms with Gasteiger partial charge in [-0.1, -0.05) is 18.2 Å². The van der Waals surface area contributed by atoms with Crippen molar-refractivity contribution in [1.82, 2.24) is 19.8 Å². The molecule has 0 N–H and O–H groups in total. The third-order valence-electron chi connectivity index (χ3n) is 5.70. The van der Waals surface area contributed by atoms with Crippen molar-refractivity contribution < 1.29 is 9.53 Å². The molecule has 8 nitrogen and oxygen atoms in total. The standard InChI is InChI=1S/C22H30N6O2/c1-18-23-20(26-10-8-25(2)9-11-26)16-21(24-18)27-12-14-28(15-13-27)22(29)17-30-19-6-4-3-5-7-19/h3-7,16H,8-15,17H2,1-2H3. The molecular weight excluding hydrogens is 380 g/mol. The third kappa shape index (κ3) is 4.99. The number of likely N-dealkylation sites (N-methyl/N-ethyl adjacent to an activating group) is 1. The van der Waals surface area contributed by atoms with E-state index in [1.165, 1.54) is 0 Å². The average molecular weight is 411 g/mol. The van der Waals surface area contributed by atoms with Crippen LogP contribution in [0, 0.1) is 6.92 Å². The summed E-state index contributed by atoms with van der Waals surface area (Å²) in [6, 6.07) is 11.5. The van der Waals surface area contributed by atoms with Crippen LogP contribution in [0.2, 0.25) is 0 Å². The van der Waals surface area contributed by atoms with E-state index in [4.69, 9.17) is 4.74 Å². The van der Waals surface area contributed by atoms with Crippen molar-refractivity contribution in [2.75, 3.05) is 75.8 Å². The number of carbonyl (C=O) groups excluding carboxylic acids is 1. The van der Waals surface area contributed by atoms with Crippen LogP contribution in [0.15, 0.2) is 36.4 Å². The molecule has 3 heterocycles. The van der Waals surface area contributed by atoms with Gasteiger partial charge in [0, 0.05) is 58.4 Å². The van der Waals surface area contributed by atoms with E-state index in [0.29, 0.717) is 13.1 Å². The van der Waals surface area contributed by atoms with Crippen molar-refractivity contribution >= 4 is 17.5 Å². The van der Waals surface area contributed by atoms with E-state index in [1.54, 1.807) is 0 Å². The molecule has 2 aromatic rings. The van der Waals surface area contributed by atoms with Gasteiger partial charge in [-0.2, -0.15) is 0 Å². The molecule has 2 fully saturated rings. The largest absolute Gasteiger partial charge is 0.484 e. The minimum Gasteiger partial charge on any atom is -0.484 e. The number of rotatable bonds is 5. The molecule has 2 saturated heterocycles. The third-order valence-corrected chi connectivity index (χ3v) is 5.70. The Balaban J connectivity index is 1.33. The van der Waals surface area contributed by atoms with Gasteiger partial charge in [0.05, 0.1) is 0 Å². The molecule has 1 aromatic heterocycles. The normalized spacial score (nSPS) is 17.9. The van der Waals surface area contributed by atoms with E-state index in [2.05, 4.69) is 37.8 Å². The first-order valence-corrected chi connectivity index (χ1v) is 10.6. The summed E-state index contributed by atoms with van der Waals surface area (Å²) in [7, 11) is 2.15. The van der Waals surface area contributed by atoms with Gasteiger partial charge >= 0.3 is 0 Å². The van der Waals surface area contributed by atoms with E-state index < -0.39 is 0 Å². The van der Waals surface area contributed by atoms with Crippen molar-refractivity contribution in [3.05, 3.63) is 42.2 Å². The van der Waals surface area contributed by atoms with Gasteiger partial charge in [0.1, 0.15) is 23.2 Å². The summed E-state index contributed by atoms with van der Waals surface area (Å²) < 4.78 is 5.60. The molecule has 0 radical (unpaired) electrons. The smallest absolute Gasteiger partial charge is 0.260 e. The van der Waals surface area contributed by atoms with E-state index in [9.17, 15) is 4.79 Å². The van der Waals surface area contributed by atoms with Gasteiger partial charge in [0.25, 0.3) is 5.91 Å². The second-order valence-electron chi connectivity index (χ2n) is 7.89. The molecule has 0 atom stereocenters. The summed E-state index contributed by atoms with van der Waals surface area (Å²) in [6.07, 6.45) is 0. The highest BCUT2D eigenvalue weighted by atomic mass is 16.5. The summed E-state index contributed by atoms with van der Waals surface area (Å²) in [5, 5.41) is 0. The first kappa shape index (κ1) is 20.4. The van der Waals surface area contributed by atoms with Gasteiger partial charge in [-0.15, -0.1) is 0 Å². The molecule has 0 spiro atoms. The highest BCUT2D eigenvalue weighted by molar-refractivity contribution is 5.78. The topological polar surface area (TPSA) is 65.0 Å². The number of anilines is 2. The molecular formula is C22H30N6O2. The minimum atomic E-state index is 0.0236. The highest BCUT2D eigenvalue weighted by Crippen LogP contribution is 2.21. The Morgan fingerprint density at radius 1 is 0.900 bits per heavy atom. The van der Waals surface area contributed by atoms with Crippen LogP contribution in [0.3, 0.4) is 0 Å². The van der Waals surface area contributed by atoms with Crippen LogP contribution in [0.4, 0.5) is 11.6 Å². The van der Waals surface area contributed by atoms with Crippen molar-refractivity contribution in [2.24, 2.45) is 0 Å². The first-order chi connectivity index (χ1) is 14.6. The second kappa shape index (κ2) is 9.30. The number of aryl methyl sites for hydroxylation is 1. The number of nitrogens with zero attached hydrogens (tertiary/aromatic N) is 6. The lowest BCUT2D eigenvalue weighted by Gasteiger charge is -2.36. The van der Waals surface area contributed by atoms with Crippen molar-refractivity contribution in [1.29, 1.82) is 0 Å². The van der Waals surface area contributed by atoms with Gasteiger partial charge in [0.15, 0.2) is 6.61 Å². The Morgan fingerprint density at radius 3 is 2.07 bits per heavy atom. The van der Waals surface area contributed by atoms with E-state index in [0.717, 1.165) is 62.5 Å². The Morgan fingerprint density at radius 2 is 1.47 bits per heavy atom. The lowest BCUT2D eigenvalue weighted by atomic mass is 10.3. The predicted octanol–water partition coefficient (Wildman–Crippen LogP) is 1.26. The van der Waals surface area contributed by atoms with Gasteiger partial charge < -0.3 is 24.3 Å². The Kier molecular flexibility index (Phi) is 6.32. The Hall–Kier alpha value is -2.87. The molecule has 0 aliphatic carbocycles. The van der Waals surface area contributed by atoms with Crippen molar-refractivity contribution in [3.63, 3.8) is 0 Å². The molecule has 0 unspecified atom stereocenters. The van der Waals surface area contributed by atoms with Gasteiger partial charge in [-0.05, 0) is 26.1 Å². The maximum Gasteiger partial charge on any atom is 0.260 e. The lowest BCUT2D eigenvalue weighted by Crippen LogP contribution is -2.50. The summed E-state index contributed by atoms with van der Waals surface area (Å²) in [4.78, 5) is 30.6. The van der Waals surface area contributed by atoms with E-state index in [-0.39, 0.29) is 12.5 Å². The number of hydrogen-bond donors (Lipinski definition) is 0. The molecule has 30 heavy (non-hydrogen) atoms. The monoisotopic (exact) mass is 410 g/mol. The Labute approximate surface area is 178 Å². The van der Waals surface area contributed by atoms with Crippen molar-refractivity contribution in [2.45, 2.75) is 6.92 Å². The molecule has 4 rings (SSSR count). The van der Waals surface area contributed by atoms with Gasteiger partial charge in [-0.3, -0.25) is 4.79 Å². The number of benzene rings is 1. The zero-order valence-corrected chi connectivity index (χ0v) is 17.8. The summed E-state index contributed by atoms with van der Waals surface area (Å²) in [6.45, 7) is 8.94. The van der Waals surface area contributed by atoms with Crippen LogP contribution in [-0.2, 0) is 4.79 Å². The van der Waals surface area contributed by atoms with Crippen LogP contribution < -0.4 is 14.5 Å². The molecule has 2 aliphatic heterocycles. The summed E-state index contributed by atoms with van der Waals surface area (Å²) in [5.41, 5.74) is 0. The number of hydrogen-bond acceptors (Lipinski definition) is 7. The molecule has 2 aliphatic rings. The van der Waals surface area contributed by atoms with E-state index >= 15 is 0 Å². The highest BCUT2D eigenvalue weighted by Gasteiger charge is 2.24. The predicted molar refractivity (Wildman–Crippen MR) is 117 cm³/mol. The fraction of sp³-hybridized carbons (Fsp3) is 0.500. The second-order valence-corrected chi connectivity index (χ2v) is 7.89. The molecule has 1 aromatic carbocycles. The molecule has 0 bridgehead atoms. The number of para-hydroxylation sites is 1. The Bertz CT molecular complexity index is 846. The van der Waals surface area contributed by atoms with Crippen LogP contribution in [0.1, 0.15) is 5.82 Å². The zero-order chi connectivity index (χ0) is 20.9. The maximum atomic E-state index is 12.5. The molecule has 8 heteroatoms. The lowest BCUT2D eigenvalue weighted by molar-refractivity contribution is -0.133. The number of ether oxygens (including phenoxy) is 1. The molecule has 160 valence electrons. The SMILES string of the molecule is Cc1nc(N2CCN(C)CC2)cc(N2CCN(C(=O)COc3ccccc3)CC2)n1. The fourth-order valence-corrected chi connectivity index (χ4v) is 3.83. The van der Waals surface area contributed by atoms with Gasteiger partial charge in [0.2, 0.25) is 0 Å². The van der Waals surface area contributed by atoms with Gasteiger partial charge in [-0.25, -0.2) is 9.97 Å². The summed E-state index contributed by atoms with van der Waals surface area (Å²) >= 11 is 0. The maximum absolute atomic E-state index is 12.5. The number of amides is 1. The zero-order valence-electron chi connectivity index (χ0n) is 17.8. The number of carbonyl (C=O) groups is 1. The number of piperazine rings is 2. The fourth-order valence-electron chi connectivity index (χ4n) is 3.83. The molecule has 1 amide bonds. The van der Waals surface area contributed by atoms with E-state index in [1.807, 2.05) is 42.2 Å². The van der Waals surface area contributed by atoms with Crippen LogP contribution in [-0.4, -0.2) is 91.7 Å². The number of aromatic nitrogens is 2. The van der Waals surface area contributed by atoms with Crippen LogP contribution in [0.5, 0.6) is 5.75 Å². The summed E-state index contributed by atoms with van der Waals surface area (Å²) in [5.74, 6) is 3.48. The van der Waals surface area contributed by atoms with Crippen molar-refractivity contribution in [3.8, 4) is 5.75 Å². The van der Waals surface area contributed by atoms with Crippen LogP contribution in [0.25, 0.3) is 0 Å². The molecule has 0 saturated carbocycles. The quantitative estimate of drug-likeness (QED) is 0.735.